The number of carbonyl (C=O) groups excluding carboxylic acids is 2. The van der Waals surface area contributed by atoms with Gasteiger partial charge in [-0.15, -0.1) is 0 Å². The number of hydrogen-bond acceptors (Lipinski definition) is 3. The zero-order valence-electron chi connectivity index (χ0n) is 10.9. The van der Waals surface area contributed by atoms with Crippen molar-refractivity contribution >= 4 is 17.9 Å². The fourth-order valence-electron chi connectivity index (χ4n) is 2.26. The maximum Gasteiger partial charge on any atom is 0.405 e. The van der Waals surface area contributed by atoms with Crippen molar-refractivity contribution in [2.75, 3.05) is 6.54 Å². The SMILES string of the molecule is O=C(O)N[C@H]1CCCCN(C(=O)c2ccccc2)C1=O. The van der Waals surface area contributed by atoms with Gasteiger partial charge >= 0.3 is 6.09 Å². The van der Waals surface area contributed by atoms with Gasteiger partial charge in [0, 0.05) is 12.1 Å². The average Bonchev–Trinajstić information content (AvgIpc) is 2.61. The van der Waals surface area contributed by atoms with Crippen molar-refractivity contribution in [3.8, 4) is 0 Å². The van der Waals surface area contributed by atoms with Crippen LogP contribution in [-0.2, 0) is 4.79 Å². The Kier molecular flexibility index (Phi) is 4.34. The van der Waals surface area contributed by atoms with Crippen molar-refractivity contribution < 1.29 is 19.5 Å². The van der Waals surface area contributed by atoms with Crippen LogP contribution in [0.1, 0.15) is 29.6 Å². The van der Waals surface area contributed by atoms with Crippen molar-refractivity contribution in [1.82, 2.24) is 10.2 Å². The predicted molar refractivity (Wildman–Crippen MR) is 71.3 cm³/mol. The van der Waals surface area contributed by atoms with Crippen LogP contribution in [0.3, 0.4) is 0 Å². The summed E-state index contributed by atoms with van der Waals surface area (Å²) < 4.78 is 0. The first-order valence-electron chi connectivity index (χ1n) is 6.50. The molecule has 1 atom stereocenters. The highest BCUT2D eigenvalue weighted by atomic mass is 16.4. The van der Waals surface area contributed by atoms with Gasteiger partial charge in [-0.3, -0.25) is 14.5 Å². The fourth-order valence-corrected chi connectivity index (χ4v) is 2.26. The van der Waals surface area contributed by atoms with Crippen LogP contribution in [0.4, 0.5) is 4.79 Å². The van der Waals surface area contributed by atoms with E-state index in [9.17, 15) is 14.4 Å². The highest BCUT2D eigenvalue weighted by Crippen LogP contribution is 2.15. The minimum atomic E-state index is -1.25. The third kappa shape index (κ3) is 3.14. The summed E-state index contributed by atoms with van der Waals surface area (Å²) in [6.45, 7) is 0.324. The van der Waals surface area contributed by atoms with Crippen molar-refractivity contribution in [2.45, 2.75) is 25.3 Å². The molecule has 0 aromatic heterocycles. The zero-order valence-corrected chi connectivity index (χ0v) is 10.9. The number of nitrogens with one attached hydrogen (secondary N) is 1. The van der Waals surface area contributed by atoms with Gasteiger partial charge in [-0.25, -0.2) is 4.79 Å². The van der Waals surface area contributed by atoms with E-state index in [1.54, 1.807) is 30.3 Å². The number of hydrogen-bond donors (Lipinski definition) is 2. The van der Waals surface area contributed by atoms with E-state index in [2.05, 4.69) is 5.32 Å². The summed E-state index contributed by atoms with van der Waals surface area (Å²) >= 11 is 0. The van der Waals surface area contributed by atoms with Gasteiger partial charge in [0.25, 0.3) is 11.8 Å². The van der Waals surface area contributed by atoms with E-state index in [-0.39, 0.29) is 5.91 Å². The van der Waals surface area contributed by atoms with Crippen molar-refractivity contribution in [3.05, 3.63) is 35.9 Å². The maximum atomic E-state index is 12.3. The molecule has 0 spiro atoms. The van der Waals surface area contributed by atoms with E-state index in [0.717, 1.165) is 4.90 Å². The summed E-state index contributed by atoms with van der Waals surface area (Å²) in [7, 11) is 0. The Morgan fingerprint density at radius 1 is 1.20 bits per heavy atom. The second-order valence-electron chi connectivity index (χ2n) is 4.66. The molecule has 1 saturated heterocycles. The number of likely N-dealkylation sites (tertiary alicyclic amines) is 1. The maximum absolute atomic E-state index is 12.3. The van der Waals surface area contributed by atoms with Crippen molar-refractivity contribution in [3.63, 3.8) is 0 Å². The Morgan fingerprint density at radius 3 is 2.55 bits per heavy atom. The molecule has 1 aromatic rings. The lowest BCUT2D eigenvalue weighted by atomic mass is 10.1. The molecule has 1 aliphatic heterocycles. The topological polar surface area (TPSA) is 86.7 Å². The summed E-state index contributed by atoms with van der Waals surface area (Å²) in [4.78, 5) is 36.4. The van der Waals surface area contributed by atoms with E-state index in [4.69, 9.17) is 5.11 Å². The molecule has 0 unspecified atom stereocenters. The van der Waals surface area contributed by atoms with Crippen LogP contribution in [0, 0.1) is 0 Å². The molecule has 6 heteroatoms. The van der Waals surface area contributed by atoms with Crippen molar-refractivity contribution in [2.24, 2.45) is 0 Å². The number of rotatable bonds is 2. The van der Waals surface area contributed by atoms with Crippen LogP contribution in [0.5, 0.6) is 0 Å². The first-order valence-corrected chi connectivity index (χ1v) is 6.50. The quantitative estimate of drug-likeness (QED) is 0.801. The van der Waals surface area contributed by atoms with E-state index < -0.39 is 18.0 Å². The molecule has 1 heterocycles. The molecule has 0 aliphatic carbocycles. The molecule has 3 amide bonds. The summed E-state index contributed by atoms with van der Waals surface area (Å²) in [5, 5.41) is 10.9. The van der Waals surface area contributed by atoms with Crippen LogP contribution in [0.2, 0.25) is 0 Å². The number of carboxylic acid groups (broad SMARTS) is 1. The van der Waals surface area contributed by atoms with Gasteiger partial charge in [0.1, 0.15) is 6.04 Å². The molecule has 6 nitrogen and oxygen atoms in total. The van der Waals surface area contributed by atoms with Crippen LogP contribution < -0.4 is 5.32 Å². The highest BCUT2D eigenvalue weighted by molar-refractivity contribution is 6.06. The Balaban J connectivity index is 2.19. The minimum Gasteiger partial charge on any atom is -0.465 e. The van der Waals surface area contributed by atoms with Gasteiger partial charge in [0.2, 0.25) is 0 Å². The molecular formula is C14H16N2O4. The highest BCUT2D eigenvalue weighted by Gasteiger charge is 2.32. The monoisotopic (exact) mass is 276 g/mol. The van der Waals surface area contributed by atoms with Crippen LogP contribution >= 0.6 is 0 Å². The molecule has 106 valence electrons. The standard InChI is InChI=1S/C14H16N2O4/c17-12(10-6-2-1-3-7-10)16-9-5-4-8-11(13(16)18)15-14(19)20/h1-3,6-7,11,15H,4-5,8-9H2,(H,19,20)/t11-/m0/s1. The smallest absolute Gasteiger partial charge is 0.405 e. The lowest BCUT2D eigenvalue weighted by Gasteiger charge is -2.22. The second-order valence-corrected chi connectivity index (χ2v) is 4.66. The molecule has 0 saturated carbocycles. The lowest BCUT2D eigenvalue weighted by molar-refractivity contribution is -0.130. The Bertz CT molecular complexity index is 515. The van der Waals surface area contributed by atoms with E-state index in [0.29, 0.717) is 31.4 Å². The van der Waals surface area contributed by atoms with E-state index >= 15 is 0 Å². The third-order valence-electron chi connectivity index (χ3n) is 3.25. The summed E-state index contributed by atoms with van der Waals surface area (Å²) in [6.07, 6.45) is 0.554. The van der Waals surface area contributed by atoms with Crippen LogP contribution in [-0.4, -0.2) is 40.5 Å². The average molecular weight is 276 g/mol. The summed E-state index contributed by atoms with van der Waals surface area (Å²) in [6, 6.07) is 7.67. The van der Waals surface area contributed by atoms with Gasteiger partial charge in [-0.1, -0.05) is 18.2 Å². The number of nitrogens with zero attached hydrogens (tertiary/aromatic N) is 1. The minimum absolute atomic E-state index is 0.324. The summed E-state index contributed by atoms with van der Waals surface area (Å²) in [5.41, 5.74) is 0.428. The Labute approximate surface area is 116 Å². The molecule has 1 aromatic carbocycles. The van der Waals surface area contributed by atoms with Crippen LogP contribution in [0.15, 0.2) is 30.3 Å². The van der Waals surface area contributed by atoms with Gasteiger partial charge in [0.05, 0.1) is 0 Å². The second kappa shape index (κ2) is 6.18. The van der Waals surface area contributed by atoms with E-state index in [1.807, 2.05) is 0 Å². The van der Waals surface area contributed by atoms with Gasteiger partial charge in [-0.05, 0) is 31.4 Å². The number of benzene rings is 1. The normalized spacial score (nSPS) is 19.3. The first-order chi connectivity index (χ1) is 9.59. The Hall–Kier alpha value is -2.37. The molecule has 1 fully saturated rings. The summed E-state index contributed by atoms with van der Waals surface area (Å²) in [5.74, 6) is -0.853. The van der Waals surface area contributed by atoms with Crippen LogP contribution in [0.25, 0.3) is 0 Å². The first kappa shape index (κ1) is 14.0. The molecule has 0 bridgehead atoms. The molecular weight excluding hydrogens is 260 g/mol. The van der Waals surface area contributed by atoms with Gasteiger partial charge in [-0.2, -0.15) is 0 Å². The van der Waals surface area contributed by atoms with Gasteiger partial charge in [0.15, 0.2) is 0 Å². The lowest BCUT2D eigenvalue weighted by Crippen LogP contribution is -2.49. The molecule has 2 N–H and O–H groups in total. The fraction of sp³-hybridized carbons (Fsp3) is 0.357. The largest absolute Gasteiger partial charge is 0.465 e. The Morgan fingerprint density at radius 2 is 1.90 bits per heavy atom. The zero-order chi connectivity index (χ0) is 14.5. The molecule has 20 heavy (non-hydrogen) atoms. The number of imide groups is 1. The molecule has 0 radical (unpaired) electrons. The predicted octanol–water partition coefficient (Wildman–Crippen LogP) is 1.48. The number of carbonyl (C=O) groups is 3. The van der Waals surface area contributed by atoms with Gasteiger partial charge < -0.3 is 10.4 Å². The molecule has 2 rings (SSSR count). The molecule has 1 aliphatic rings. The van der Waals surface area contributed by atoms with Crippen molar-refractivity contribution in [1.29, 1.82) is 0 Å². The van der Waals surface area contributed by atoms with E-state index in [1.165, 1.54) is 0 Å². The number of amides is 3. The third-order valence-corrected chi connectivity index (χ3v) is 3.25.